The minimum absolute atomic E-state index is 0.0106. The Labute approximate surface area is 132 Å². The van der Waals surface area contributed by atoms with Gasteiger partial charge in [0.15, 0.2) is 9.84 Å². The fourth-order valence-electron chi connectivity index (χ4n) is 2.71. The molecular formula is C16H24N2O3S. The molecule has 122 valence electrons. The number of amides is 2. The summed E-state index contributed by atoms with van der Waals surface area (Å²) >= 11 is 0. The van der Waals surface area contributed by atoms with Crippen LogP contribution in [0.3, 0.4) is 0 Å². The molecule has 1 aromatic carbocycles. The SMILES string of the molecule is CCS(=O)(=O)CC(C)NC(=O)N1CCc2ccccc2CC1. The first-order valence-corrected chi connectivity index (χ1v) is 9.56. The van der Waals surface area contributed by atoms with E-state index in [-0.39, 0.29) is 23.6 Å². The monoisotopic (exact) mass is 324 g/mol. The number of sulfone groups is 1. The summed E-state index contributed by atoms with van der Waals surface area (Å²) in [5, 5.41) is 2.80. The fourth-order valence-corrected chi connectivity index (χ4v) is 3.79. The molecule has 0 fully saturated rings. The predicted molar refractivity (Wildman–Crippen MR) is 87.7 cm³/mol. The number of hydrogen-bond donors (Lipinski definition) is 1. The van der Waals surface area contributed by atoms with Gasteiger partial charge in [0.05, 0.1) is 5.75 Å². The van der Waals surface area contributed by atoms with Gasteiger partial charge in [-0.15, -0.1) is 0 Å². The summed E-state index contributed by atoms with van der Waals surface area (Å²) in [4.78, 5) is 14.1. The maximum absolute atomic E-state index is 12.3. The maximum Gasteiger partial charge on any atom is 0.317 e. The quantitative estimate of drug-likeness (QED) is 0.915. The van der Waals surface area contributed by atoms with E-state index in [1.54, 1.807) is 18.7 Å². The molecule has 0 spiro atoms. The Morgan fingerprint density at radius 1 is 1.23 bits per heavy atom. The molecule has 1 aliphatic heterocycles. The first-order valence-electron chi connectivity index (χ1n) is 7.74. The lowest BCUT2D eigenvalue weighted by Crippen LogP contribution is -2.47. The van der Waals surface area contributed by atoms with Crippen molar-refractivity contribution in [2.75, 3.05) is 24.6 Å². The van der Waals surface area contributed by atoms with E-state index in [2.05, 4.69) is 17.4 Å². The Morgan fingerprint density at radius 3 is 2.27 bits per heavy atom. The molecule has 2 amide bonds. The van der Waals surface area contributed by atoms with Gasteiger partial charge in [-0.2, -0.15) is 0 Å². The van der Waals surface area contributed by atoms with Crippen molar-refractivity contribution >= 4 is 15.9 Å². The highest BCUT2D eigenvalue weighted by molar-refractivity contribution is 7.91. The van der Waals surface area contributed by atoms with E-state index in [1.165, 1.54) is 11.1 Å². The second-order valence-electron chi connectivity index (χ2n) is 5.81. The van der Waals surface area contributed by atoms with Crippen LogP contribution < -0.4 is 5.32 Å². The van der Waals surface area contributed by atoms with Crippen molar-refractivity contribution in [3.05, 3.63) is 35.4 Å². The van der Waals surface area contributed by atoms with E-state index in [9.17, 15) is 13.2 Å². The average Bonchev–Trinajstić information content (AvgIpc) is 2.69. The van der Waals surface area contributed by atoms with Crippen LogP contribution in [0.2, 0.25) is 0 Å². The van der Waals surface area contributed by atoms with Gasteiger partial charge in [0.25, 0.3) is 0 Å². The van der Waals surface area contributed by atoms with Crippen molar-refractivity contribution in [1.82, 2.24) is 10.2 Å². The molecule has 22 heavy (non-hydrogen) atoms. The van der Waals surface area contributed by atoms with Crippen LogP contribution in [0.4, 0.5) is 4.79 Å². The van der Waals surface area contributed by atoms with Crippen molar-refractivity contribution in [3.63, 3.8) is 0 Å². The number of carbonyl (C=O) groups excluding carboxylic acids is 1. The molecule has 5 nitrogen and oxygen atoms in total. The highest BCUT2D eigenvalue weighted by atomic mass is 32.2. The largest absolute Gasteiger partial charge is 0.335 e. The summed E-state index contributed by atoms with van der Waals surface area (Å²) in [6.07, 6.45) is 1.68. The van der Waals surface area contributed by atoms with Crippen LogP contribution in [-0.4, -0.2) is 50.0 Å². The second kappa shape index (κ2) is 7.13. The van der Waals surface area contributed by atoms with Crippen molar-refractivity contribution < 1.29 is 13.2 Å². The maximum atomic E-state index is 12.3. The first kappa shape index (κ1) is 16.8. The summed E-state index contributed by atoms with van der Waals surface area (Å²) in [5.74, 6) is 0.0928. The lowest BCUT2D eigenvalue weighted by atomic mass is 10.0. The van der Waals surface area contributed by atoms with E-state index in [0.29, 0.717) is 13.1 Å². The Kier molecular flexibility index (Phi) is 5.45. The Bertz CT molecular complexity index is 601. The number of urea groups is 1. The number of fused-ring (bicyclic) bond motifs is 1. The Balaban J connectivity index is 1.92. The molecule has 0 aliphatic carbocycles. The van der Waals surface area contributed by atoms with E-state index in [4.69, 9.17) is 0 Å². The summed E-state index contributed by atoms with van der Waals surface area (Å²) in [5.41, 5.74) is 2.58. The highest BCUT2D eigenvalue weighted by Crippen LogP contribution is 2.15. The van der Waals surface area contributed by atoms with E-state index < -0.39 is 9.84 Å². The molecule has 0 saturated heterocycles. The molecule has 2 rings (SSSR count). The van der Waals surface area contributed by atoms with Crippen molar-refractivity contribution in [2.24, 2.45) is 0 Å². The number of carbonyl (C=O) groups is 1. The van der Waals surface area contributed by atoms with Gasteiger partial charge in [-0.05, 0) is 30.9 Å². The van der Waals surface area contributed by atoms with E-state index >= 15 is 0 Å². The second-order valence-corrected chi connectivity index (χ2v) is 8.20. The summed E-state index contributed by atoms with van der Waals surface area (Å²) < 4.78 is 23.2. The van der Waals surface area contributed by atoms with Crippen LogP contribution in [0.25, 0.3) is 0 Å². The standard InChI is InChI=1S/C16H24N2O3S/c1-3-22(20,21)12-13(2)17-16(19)18-10-8-14-6-4-5-7-15(14)9-11-18/h4-7,13H,3,8-12H2,1-2H3,(H,17,19). The highest BCUT2D eigenvalue weighted by Gasteiger charge is 2.21. The minimum Gasteiger partial charge on any atom is -0.335 e. The van der Waals surface area contributed by atoms with Gasteiger partial charge in [0, 0.05) is 24.9 Å². The molecule has 1 aliphatic rings. The summed E-state index contributed by atoms with van der Waals surface area (Å²) in [7, 11) is -3.08. The van der Waals surface area contributed by atoms with Gasteiger partial charge < -0.3 is 10.2 Å². The Morgan fingerprint density at radius 2 is 1.77 bits per heavy atom. The number of nitrogens with zero attached hydrogens (tertiary/aromatic N) is 1. The molecule has 0 bridgehead atoms. The molecule has 6 heteroatoms. The van der Waals surface area contributed by atoms with Crippen molar-refractivity contribution in [2.45, 2.75) is 32.7 Å². The number of nitrogens with one attached hydrogen (secondary N) is 1. The van der Waals surface area contributed by atoms with E-state index in [1.807, 2.05) is 12.1 Å². The minimum atomic E-state index is -3.08. The zero-order chi connectivity index (χ0) is 16.2. The predicted octanol–water partition coefficient (Wildman–Crippen LogP) is 1.62. The van der Waals surface area contributed by atoms with Crippen LogP contribution in [0.1, 0.15) is 25.0 Å². The molecular weight excluding hydrogens is 300 g/mol. The third-order valence-electron chi connectivity index (χ3n) is 4.02. The molecule has 0 aromatic heterocycles. The summed E-state index contributed by atoms with van der Waals surface area (Å²) in [6, 6.07) is 7.70. The molecule has 1 aromatic rings. The van der Waals surface area contributed by atoms with Gasteiger partial charge in [-0.25, -0.2) is 13.2 Å². The van der Waals surface area contributed by atoms with Crippen molar-refractivity contribution in [3.8, 4) is 0 Å². The van der Waals surface area contributed by atoms with Gasteiger partial charge in [-0.3, -0.25) is 0 Å². The van der Waals surface area contributed by atoms with Crippen LogP contribution >= 0.6 is 0 Å². The van der Waals surface area contributed by atoms with Crippen LogP contribution in [0.15, 0.2) is 24.3 Å². The van der Waals surface area contributed by atoms with Gasteiger partial charge in [-0.1, -0.05) is 31.2 Å². The lowest BCUT2D eigenvalue weighted by Gasteiger charge is -2.23. The Hall–Kier alpha value is -1.56. The molecule has 0 saturated carbocycles. The molecule has 1 atom stereocenters. The summed E-state index contributed by atoms with van der Waals surface area (Å²) in [6.45, 7) is 4.68. The first-order chi connectivity index (χ1) is 10.4. The normalized spacial score (nSPS) is 16.5. The van der Waals surface area contributed by atoms with Gasteiger partial charge in [0.1, 0.15) is 0 Å². The van der Waals surface area contributed by atoms with Gasteiger partial charge in [0.2, 0.25) is 0 Å². The molecule has 0 radical (unpaired) electrons. The molecule has 1 unspecified atom stereocenters. The fraction of sp³-hybridized carbons (Fsp3) is 0.562. The zero-order valence-electron chi connectivity index (χ0n) is 13.2. The number of rotatable bonds is 4. The van der Waals surface area contributed by atoms with E-state index in [0.717, 1.165) is 12.8 Å². The van der Waals surface area contributed by atoms with Crippen molar-refractivity contribution in [1.29, 1.82) is 0 Å². The molecule has 1 N–H and O–H groups in total. The molecule has 1 heterocycles. The third-order valence-corrected chi connectivity index (χ3v) is 5.91. The lowest BCUT2D eigenvalue weighted by molar-refractivity contribution is 0.198. The third kappa shape index (κ3) is 4.47. The number of hydrogen-bond acceptors (Lipinski definition) is 3. The number of benzene rings is 1. The zero-order valence-corrected chi connectivity index (χ0v) is 14.0. The topological polar surface area (TPSA) is 66.5 Å². The van der Waals surface area contributed by atoms with Gasteiger partial charge >= 0.3 is 6.03 Å². The van der Waals surface area contributed by atoms with Crippen LogP contribution in [0, 0.1) is 0 Å². The smallest absolute Gasteiger partial charge is 0.317 e. The van der Waals surface area contributed by atoms with Crippen LogP contribution in [0.5, 0.6) is 0 Å². The van der Waals surface area contributed by atoms with Crippen LogP contribution in [-0.2, 0) is 22.7 Å². The average molecular weight is 324 g/mol.